The van der Waals surface area contributed by atoms with Crippen LogP contribution in [0.4, 0.5) is 10.5 Å². The molecule has 3 aromatic rings. The lowest BCUT2D eigenvalue weighted by Crippen LogP contribution is -2.42. The van der Waals surface area contributed by atoms with Crippen LogP contribution >= 0.6 is 0 Å². The van der Waals surface area contributed by atoms with Gasteiger partial charge in [0.1, 0.15) is 19.3 Å². The molecular formula is C30H33N3O6. The van der Waals surface area contributed by atoms with Crippen LogP contribution in [0, 0.1) is 0 Å². The Morgan fingerprint density at radius 3 is 1.92 bits per heavy atom. The van der Waals surface area contributed by atoms with Crippen LogP contribution in [0.5, 0.6) is 0 Å². The van der Waals surface area contributed by atoms with Gasteiger partial charge in [-0.15, -0.1) is 0 Å². The first-order valence-electron chi connectivity index (χ1n) is 12.7. The fourth-order valence-corrected chi connectivity index (χ4v) is 3.67. The minimum absolute atomic E-state index is 0.0896. The summed E-state index contributed by atoms with van der Waals surface area (Å²) in [4.78, 5) is 48.9. The Kier molecular flexibility index (Phi) is 11.5. The maximum absolute atomic E-state index is 12.9. The van der Waals surface area contributed by atoms with Crippen LogP contribution < -0.4 is 16.0 Å². The quantitative estimate of drug-likeness (QED) is 0.219. The molecule has 3 N–H and O–H groups in total. The summed E-state index contributed by atoms with van der Waals surface area (Å²) in [6.45, 7) is 2.03. The third kappa shape index (κ3) is 10.7. The first kappa shape index (κ1) is 28.9. The summed E-state index contributed by atoms with van der Waals surface area (Å²) < 4.78 is 10.7. The number of anilines is 1. The van der Waals surface area contributed by atoms with Crippen molar-refractivity contribution in [2.45, 2.75) is 45.4 Å². The van der Waals surface area contributed by atoms with Gasteiger partial charge in [-0.3, -0.25) is 9.59 Å². The number of nitrogens with one attached hydrogen (secondary N) is 3. The Labute approximate surface area is 227 Å². The fourth-order valence-electron chi connectivity index (χ4n) is 3.67. The number of hydrogen-bond acceptors (Lipinski definition) is 6. The van der Waals surface area contributed by atoms with E-state index in [-0.39, 0.29) is 19.1 Å². The van der Waals surface area contributed by atoms with Crippen molar-refractivity contribution in [3.05, 3.63) is 102 Å². The maximum Gasteiger partial charge on any atom is 0.407 e. The zero-order valence-corrected chi connectivity index (χ0v) is 21.9. The molecular weight excluding hydrogens is 498 g/mol. The van der Waals surface area contributed by atoms with Crippen molar-refractivity contribution < 1.29 is 28.7 Å². The summed E-state index contributed by atoms with van der Waals surface area (Å²) in [6, 6.07) is 24.1. The summed E-state index contributed by atoms with van der Waals surface area (Å²) in [7, 11) is 0. The summed E-state index contributed by atoms with van der Waals surface area (Å²) in [5, 5.41) is 8.09. The number of esters is 1. The van der Waals surface area contributed by atoms with Gasteiger partial charge in [0.2, 0.25) is 5.91 Å². The zero-order chi connectivity index (χ0) is 27.9. The fraction of sp³-hybridized carbons (Fsp3) is 0.267. The van der Waals surface area contributed by atoms with E-state index in [0.29, 0.717) is 37.1 Å². The first-order valence-corrected chi connectivity index (χ1v) is 12.7. The molecule has 204 valence electrons. The van der Waals surface area contributed by atoms with Crippen molar-refractivity contribution in [3.63, 3.8) is 0 Å². The number of unbranched alkanes of at least 4 members (excludes halogenated alkanes) is 1. The van der Waals surface area contributed by atoms with Crippen LogP contribution in [0.1, 0.15) is 47.7 Å². The van der Waals surface area contributed by atoms with E-state index < -0.39 is 24.0 Å². The molecule has 0 saturated heterocycles. The highest BCUT2D eigenvalue weighted by Crippen LogP contribution is 2.12. The molecule has 0 aromatic heterocycles. The topological polar surface area (TPSA) is 123 Å². The van der Waals surface area contributed by atoms with Gasteiger partial charge >= 0.3 is 12.1 Å². The van der Waals surface area contributed by atoms with Gasteiger partial charge in [0, 0.05) is 24.7 Å². The highest BCUT2D eigenvalue weighted by Gasteiger charge is 2.23. The van der Waals surface area contributed by atoms with E-state index in [9.17, 15) is 19.2 Å². The molecule has 3 amide bonds. The Morgan fingerprint density at radius 2 is 1.33 bits per heavy atom. The molecule has 3 aromatic carbocycles. The molecule has 9 heteroatoms. The zero-order valence-electron chi connectivity index (χ0n) is 21.9. The largest absolute Gasteiger partial charge is 0.459 e. The summed E-state index contributed by atoms with van der Waals surface area (Å²) in [5.41, 5.74) is 2.63. The summed E-state index contributed by atoms with van der Waals surface area (Å²) in [5.74, 6) is -1.20. The number of rotatable bonds is 13. The lowest BCUT2D eigenvalue weighted by Gasteiger charge is -2.18. The van der Waals surface area contributed by atoms with Gasteiger partial charge in [0.25, 0.3) is 5.91 Å². The van der Waals surface area contributed by atoms with Gasteiger partial charge in [-0.25, -0.2) is 9.59 Å². The molecule has 9 nitrogen and oxygen atoms in total. The molecule has 3 rings (SSSR count). The number of hydrogen-bond donors (Lipinski definition) is 3. The highest BCUT2D eigenvalue weighted by atomic mass is 16.5. The highest BCUT2D eigenvalue weighted by molar-refractivity contribution is 5.97. The third-order valence-corrected chi connectivity index (χ3v) is 5.68. The van der Waals surface area contributed by atoms with Crippen molar-refractivity contribution >= 4 is 29.6 Å². The van der Waals surface area contributed by atoms with Crippen molar-refractivity contribution in [3.8, 4) is 0 Å². The third-order valence-electron chi connectivity index (χ3n) is 5.68. The van der Waals surface area contributed by atoms with E-state index in [4.69, 9.17) is 9.47 Å². The number of ether oxygens (including phenoxy) is 2. The molecule has 0 aliphatic carbocycles. The molecule has 39 heavy (non-hydrogen) atoms. The molecule has 0 radical (unpaired) electrons. The lowest BCUT2D eigenvalue weighted by molar-refractivity contribution is -0.147. The molecule has 0 fully saturated rings. The molecule has 1 atom stereocenters. The molecule has 0 aliphatic heterocycles. The monoisotopic (exact) mass is 531 g/mol. The second-order valence-corrected chi connectivity index (χ2v) is 8.86. The number of carbonyl (C=O) groups excluding carboxylic acids is 4. The van der Waals surface area contributed by atoms with Crippen LogP contribution in [0.3, 0.4) is 0 Å². The average Bonchev–Trinajstić information content (AvgIpc) is 2.95. The van der Waals surface area contributed by atoms with E-state index in [2.05, 4.69) is 16.0 Å². The Bertz CT molecular complexity index is 1220. The second kappa shape index (κ2) is 15.6. The Morgan fingerprint density at radius 1 is 0.744 bits per heavy atom. The van der Waals surface area contributed by atoms with Crippen molar-refractivity contribution in [1.82, 2.24) is 10.6 Å². The standard InChI is InChI=1S/C30H33N3O6/c1-22(34)32-26-17-15-25(16-18-26)28(35)33-27(29(36)38-20-23-10-4-2-5-11-23)14-8-9-19-31-30(37)39-21-24-12-6-3-7-13-24/h2-7,10-13,15-18,27H,8-9,14,19-21H2,1H3,(H,31,37)(H,32,34)(H,33,35). The van der Waals surface area contributed by atoms with Crippen LogP contribution in [-0.4, -0.2) is 36.5 Å². The van der Waals surface area contributed by atoms with Gasteiger partial charge < -0.3 is 25.4 Å². The number of benzene rings is 3. The molecule has 0 bridgehead atoms. The van der Waals surface area contributed by atoms with Gasteiger partial charge in [-0.2, -0.15) is 0 Å². The van der Waals surface area contributed by atoms with E-state index in [1.165, 1.54) is 6.92 Å². The van der Waals surface area contributed by atoms with Gasteiger partial charge in [-0.05, 0) is 54.7 Å². The SMILES string of the molecule is CC(=O)Nc1ccc(C(=O)NC(CCCCNC(=O)OCc2ccccc2)C(=O)OCc2ccccc2)cc1. The van der Waals surface area contributed by atoms with Gasteiger partial charge in [-0.1, -0.05) is 60.7 Å². The van der Waals surface area contributed by atoms with Crippen LogP contribution in [-0.2, 0) is 32.3 Å². The van der Waals surface area contributed by atoms with Crippen molar-refractivity contribution in [1.29, 1.82) is 0 Å². The average molecular weight is 532 g/mol. The van der Waals surface area contributed by atoms with E-state index in [1.54, 1.807) is 24.3 Å². The Balaban J connectivity index is 1.49. The number of amides is 3. The first-order chi connectivity index (χ1) is 18.9. The molecule has 1 unspecified atom stereocenters. The predicted molar refractivity (Wildman–Crippen MR) is 147 cm³/mol. The summed E-state index contributed by atoms with van der Waals surface area (Å²) >= 11 is 0. The minimum Gasteiger partial charge on any atom is -0.459 e. The van der Waals surface area contributed by atoms with E-state index >= 15 is 0 Å². The smallest absolute Gasteiger partial charge is 0.407 e. The lowest BCUT2D eigenvalue weighted by atomic mass is 10.1. The van der Waals surface area contributed by atoms with E-state index in [0.717, 1.165) is 11.1 Å². The maximum atomic E-state index is 12.9. The number of carbonyl (C=O) groups is 4. The molecule has 0 spiro atoms. The Hall–Kier alpha value is -4.66. The van der Waals surface area contributed by atoms with Crippen molar-refractivity contribution in [2.75, 3.05) is 11.9 Å². The number of alkyl carbamates (subject to hydrolysis) is 1. The van der Waals surface area contributed by atoms with Crippen LogP contribution in [0.25, 0.3) is 0 Å². The summed E-state index contributed by atoms with van der Waals surface area (Å²) in [6.07, 6.45) is 0.925. The predicted octanol–water partition coefficient (Wildman–Crippen LogP) is 4.58. The van der Waals surface area contributed by atoms with Gasteiger partial charge in [0.15, 0.2) is 0 Å². The van der Waals surface area contributed by atoms with E-state index in [1.807, 2.05) is 60.7 Å². The molecule has 0 saturated carbocycles. The van der Waals surface area contributed by atoms with Gasteiger partial charge in [0.05, 0.1) is 0 Å². The van der Waals surface area contributed by atoms with Crippen LogP contribution in [0.15, 0.2) is 84.9 Å². The normalized spacial score (nSPS) is 11.1. The van der Waals surface area contributed by atoms with Crippen LogP contribution in [0.2, 0.25) is 0 Å². The molecule has 0 heterocycles. The van der Waals surface area contributed by atoms with Crippen molar-refractivity contribution in [2.24, 2.45) is 0 Å². The molecule has 0 aliphatic rings. The second-order valence-electron chi connectivity index (χ2n) is 8.86. The minimum atomic E-state index is -0.874.